The normalized spacial score (nSPS) is 9.92. The number of carbonyl (C=O) groups excluding carboxylic acids is 1. The number of hydrogen-bond acceptors (Lipinski definition) is 4. The number of aliphatic hydroxyl groups is 1. The van der Waals surface area contributed by atoms with Crippen molar-refractivity contribution in [2.24, 2.45) is 0 Å². The number of hydrogen-bond donors (Lipinski definition) is 2. The molecule has 1 aromatic rings. The molecular weight excluding hydrogens is 172 g/mol. The van der Waals surface area contributed by atoms with Crippen LogP contribution in [0.25, 0.3) is 0 Å². The number of carbonyl (C=O) groups is 1. The Hall–Kier alpha value is -1.36. The van der Waals surface area contributed by atoms with Crippen molar-refractivity contribution in [3.8, 4) is 0 Å². The maximum Gasteiger partial charge on any atom is 0.220 e. The molecule has 0 aromatic carbocycles. The van der Waals surface area contributed by atoms with Crippen LogP contribution in [0, 0.1) is 0 Å². The second kappa shape index (κ2) is 5.31. The Morgan fingerprint density at radius 1 is 1.69 bits per heavy atom. The maximum atomic E-state index is 11.0. The van der Waals surface area contributed by atoms with E-state index in [1.807, 2.05) is 0 Å². The van der Waals surface area contributed by atoms with Crippen LogP contribution >= 0.6 is 0 Å². The molecule has 5 nitrogen and oxygen atoms in total. The molecule has 0 saturated carbocycles. The van der Waals surface area contributed by atoms with E-state index < -0.39 is 0 Å². The summed E-state index contributed by atoms with van der Waals surface area (Å²) >= 11 is 0. The summed E-state index contributed by atoms with van der Waals surface area (Å²) < 4.78 is 4.59. The molecule has 0 fully saturated rings. The Balaban J connectivity index is 2.15. The molecule has 5 heteroatoms. The number of nitrogens with zero attached hydrogens (tertiary/aromatic N) is 1. The second-order valence-electron chi connectivity index (χ2n) is 2.59. The zero-order valence-corrected chi connectivity index (χ0v) is 7.19. The molecule has 1 rings (SSSR count). The molecule has 0 aliphatic heterocycles. The fourth-order valence-electron chi connectivity index (χ4n) is 0.846. The van der Waals surface area contributed by atoms with Gasteiger partial charge in [0, 0.05) is 19.1 Å². The predicted octanol–water partition coefficient (Wildman–Crippen LogP) is 0.0633. The summed E-state index contributed by atoms with van der Waals surface area (Å²) in [6.07, 6.45) is 2.29. The molecule has 72 valence electrons. The van der Waals surface area contributed by atoms with Crippen molar-refractivity contribution in [3.05, 3.63) is 18.0 Å². The largest absolute Gasteiger partial charge is 0.396 e. The van der Waals surface area contributed by atoms with Gasteiger partial charge in [-0.25, -0.2) is 0 Å². The summed E-state index contributed by atoms with van der Waals surface area (Å²) in [5.41, 5.74) is 0.692. The highest BCUT2D eigenvalue weighted by atomic mass is 16.5. The summed E-state index contributed by atoms with van der Waals surface area (Å²) in [6, 6.07) is 1.69. The summed E-state index contributed by atoms with van der Waals surface area (Å²) in [5, 5.41) is 14.7. The Kier molecular flexibility index (Phi) is 3.98. The fourth-order valence-corrected chi connectivity index (χ4v) is 0.846. The Labute approximate surface area is 75.7 Å². The van der Waals surface area contributed by atoms with Crippen molar-refractivity contribution in [1.82, 2.24) is 10.5 Å². The van der Waals surface area contributed by atoms with E-state index in [2.05, 4.69) is 15.0 Å². The summed E-state index contributed by atoms with van der Waals surface area (Å²) in [7, 11) is 0. The minimum Gasteiger partial charge on any atom is -0.396 e. The van der Waals surface area contributed by atoms with Crippen LogP contribution in [0.15, 0.2) is 16.9 Å². The standard InChI is InChI=1S/C8H12N2O3/c11-4-1-2-8(12)9-6-7-3-5-13-10-7/h3,5,11H,1-2,4,6H2,(H,9,12). The van der Waals surface area contributed by atoms with E-state index in [9.17, 15) is 4.79 Å². The van der Waals surface area contributed by atoms with Crippen molar-refractivity contribution in [1.29, 1.82) is 0 Å². The van der Waals surface area contributed by atoms with Crippen LogP contribution in [-0.4, -0.2) is 22.8 Å². The quantitative estimate of drug-likeness (QED) is 0.678. The van der Waals surface area contributed by atoms with E-state index in [0.29, 0.717) is 25.1 Å². The number of aromatic nitrogens is 1. The van der Waals surface area contributed by atoms with Gasteiger partial charge in [-0.2, -0.15) is 0 Å². The molecule has 0 bridgehead atoms. The number of rotatable bonds is 5. The van der Waals surface area contributed by atoms with Gasteiger partial charge in [0.1, 0.15) is 12.0 Å². The molecule has 1 aromatic heterocycles. The average Bonchev–Trinajstić information content (AvgIpc) is 2.64. The molecule has 0 aliphatic rings. The third kappa shape index (κ3) is 3.71. The van der Waals surface area contributed by atoms with Crippen LogP contribution < -0.4 is 5.32 Å². The predicted molar refractivity (Wildman–Crippen MR) is 44.7 cm³/mol. The number of nitrogens with one attached hydrogen (secondary N) is 1. The van der Waals surface area contributed by atoms with Gasteiger partial charge in [0.05, 0.1) is 6.54 Å². The Morgan fingerprint density at radius 2 is 2.54 bits per heavy atom. The highest BCUT2D eigenvalue weighted by Gasteiger charge is 2.01. The first-order valence-corrected chi connectivity index (χ1v) is 4.09. The molecule has 0 saturated heterocycles. The lowest BCUT2D eigenvalue weighted by Gasteiger charge is -2.00. The van der Waals surface area contributed by atoms with E-state index >= 15 is 0 Å². The first-order valence-electron chi connectivity index (χ1n) is 4.09. The summed E-state index contributed by atoms with van der Waals surface area (Å²) in [4.78, 5) is 11.0. The third-order valence-corrected chi connectivity index (χ3v) is 1.52. The topological polar surface area (TPSA) is 75.4 Å². The van der Waals surface area contributed by atoms with Crippen LogP contribution in [-0.2, 0) is 11.3 Å². The molecular formula is C8H12N2O3. The van der Waals surface area contributed by atoms with Gasteiger partial charge in [-0.1, -0.05) is 5.16 Å². The SMILES string of the molecule is O=C(CCCO)NCc1ccon1. The highest BCUT2D eigenvalue weighted by Crippen LogP contribution is 1.94. The maximum absolute atomic E-state index is 11.0. The smallest absolute Gasteiger partial charge is 0.220 e. The minimum absolute atomic E-state index is 0.0391. The van der Waals surface area contributed by atoms with Crippen molar-refractivity contribution < 1.29 is 14.4 Å². The second-order valence-corrected chi connectivity index (χ2v) is 2.59. The zero-order valence-electron chi connectivity index (χ0n) is 7.19. The van der Waals surface area contributed by atoms with Crippen LogP contribution in [0.4, 0.5) is 0 Å². The van der Waals surface area contributed by atoms with Crippen LogP contribution in [0.2, 0.25) is 0 Å². The third-order valence-electron chi connectivity index (χ3n) is 1.52. The van der Waals surface area contributed by atoms with Gasteiger partial charge in [0.25, 0.3) is 0 Å². The number of amides is 1. The van der Waals surface area contributed by atoms with Gasteiger partial charge in [0.15, 0.2) is 0 Å². The zero-order chi connectivity index (χ0) is 9.52. The van der Waals surface area contributed by atoms with Crippen LogP contribution in [0.3, 0.4) is 0 Å². The molecule has 2 N–H and O–H groups in total. The van der Waals surface area contributed by atoms with Crippen molar-refractivity contribution in [2.75, 3.05) is 6.61 Å². The summed E-state index contributed by atoms with van der Waals surface area (Å²) in [6.45, 7) is 0.415. The van der Waals surface area contributed by atoms with Gasteiger partial charge in [-0.3, -0.25) is 4.79 Å². The monoisotopic (exact) mass is 184 g/mol. The molecule has 0 atom stereocenters. The van der Waals surface area contributed by atoms with Gasteiger partial charge < -0.3 is 14.9 Å². The van der Waals surface area contributed by atoms with Crippen LogP contribution in [0.1, 0.15) is 18.5 Å². The van der Waals surface area contributed by atoms with E-state index in [0.717, 1.165) is 0 Å². The lowest BCUT2D eigenvalue weighted by molar-refractivity contribution is -0.121. The first kappa shape index (κ1) is 9.73. The van der Waals surface area contributed by atoms with E-state index in [-0.39, 0.29) is 12.5 Å². The first-order chi connectivity index (χ1) is 6.33. The van der Waals surface area contributed by atoms with Crippen molar-refractivity contribution in [2.45, 2.75) is 19.4 Å². The Bertz CT molecular complexity index is 246. The minimum atomic E-state index is -0.0861. The van der Waals surface area contributed by atoms with E-state index in [1.54, 1.807) is 6.07 Å². The lowest BCUT2D eigenvalue weighted by atomic mass is 10.3. The fraction of sp³-hybridized carbons (Fsp3) is 0.500. The summed E-state index contributed by atoms with van der Waals surface area (Å²) in [5.74, 6) is -0.0861. The molecule has 13 heavy (non-hydrogen) atoms. The van der Waals surface area contributed by atoms with Gasteiger partial charge in [0.2, 0.25) is 5.91 Å². The Morgan fingerprint density at radius 3 is 3.15 bits per heavy atom. The number of aliphatic hydroxyl groups excluding tert-OH is 1. The molecule has 0 radical (unpaired) electrons. The molecule has 1 heterocycles. The lowest BCUT2D eigenvalue weighted by Crippen LogP contribution is -2.22. The van der Waals surface area contributed by atoms with E-state index in [1.165, 1.54) is 6.26 Å². The van der Waals surface area contributed by atoms with Gasteiger partial charge >= 0.3 is 0 Å². The van der Waals surface area contributed by atoms with Gasteiger partial charge in [-0.15, -0.1) is 0 Å². The molecule has 1 amide bonds. The molecule has 0 aliphatic carbocycles. The van der Waals surface area contributed by atoms with Crippen molar-refractivity contribution in [3.63, 3.8) is 0 Å². The molecule has 0 unspecified atom stereocenters. The average molecular weight is 184 g/mol. The van der Waals surface area contributed by atoms with Crippen LogP contribution in [0.5, 0.6) is 0 Å². The van der Waals surface area contributed by atoms with E-state index in [4.69, 9.17) is 5.11 Å². The van der Waals surface area contributed by atoms with Gasteiger partial charge in [-0.05, 0) is 6.42 Å². The molecule has 0 spiro atoms. The highest BCUT2D eigenvalue weighted by molar-refractivity contribution is 5.75. The van der Waals surface area contributed by atoms with Crippen molar-refractivity contribution >= 4 is 5.91 Å².